The minimum absolute atomic E-state index is 0.164. The molecule has 1 unspecified atom stereocenters. The van der Waals surface area contributed by atoms with Crippen LogP contribution in [0.4, 0.5) is 0 Å². The molecule has 2 heteroatoms. The molecule has 1 fully saturated rings. The molecule has 62 valence electrons. The summed E-state index contributed by atoms with van der Waals surface area (Å²) in [6.07, 6.45) is 3.64. The van der Waals surface area contributed by atoms with Gasteiger partial charge >= 0.3 is 0 Å². The maximum absolute atomic E-state index is 9.02. The van der Waals surface area contributed by atoms with Gasteiger partial charge in [0.2, 0.25) is 0 Å². The second kappa shape index (κ2) is 2.61. The molecule has 2 N–H and O–H groups in total. The molecule has 2 bridgehead atoms. The second-order valence-electron chi connectivity index (χ2n) is 3.57. The van der Waals surface area contributed by atoms with Crippen molar-refractivity contribution in [2.24, 2.45) is 11.8 Å². The molecule has 0 radical (unpaired) electrons. The summed E-state index contributed by atoms with van der Waals surface area (Å²) in [6, 6.07) is 0. The lowest BCUT2D eigenvalue weighted by Crippen LogP contribution is -2.09. The van der Waals surface area contributed by atoms with Crippen molar-refractivity contribution in [3.63, 3.8) is 0 Å². The van der Waals surface area contributed by atoms with Crippen molar-refractivity contribution >= 4 is 0 Å². The third-order valence-electron chi connectivity index (χ3n) is 3.17. The van der Waals surface area contributed by atoms with E-state index in [1.807, 2.05) is 0 Å². The third-order valence-corrected chi connectivity index (χ3v) is 3.17. The van der Waals surface area contributed by atoms with Crippen molar-refractivity contribution < 1.29 is 10.2 Å². The molecule has 2 aliphatic rings. The topological polar surface area (TPSA) is 40.5 Å². The molecule has 2 aliphatic carbocycles. The van der Waals surface area contributed by atoms with Crippen LogP contribution in [0.3, 0.4) is 0 Å². The SMILES string of the molecule is OCC1=C(CO)[C@H]2CCC1C2. The van der Waals surface area contributed by atoms with Gasteiger partial charge in [-0.1, -0.05) is 0 Å². The predicted molar refractivity (Wildman–Crippen MR) is 42.0 cm³/mol. The average Bonchev–Trinajstić information content (AvgIpc) is 2.60. The predicted octanol–water partition coefficient (Wildman–Crippen LogP) is 0.698. The first-order valence-corrected chi connectivity index (χ1v) is 4.30. The molecule has 0 amide bonds. The van der Waals surface area contributed by atoms with Gasteiger partial charge in [0, 0.05) is 0 Å². The van der Waals surface area contributed by atoms with E-state index < -0.39 is 0 Å². The molecule has 0 saturated heterocycles. The highest BCUT2D eigenvalue weighted by Gasteiger charge is 2.37. The average molecular weight is 154 g/mol. The molecule has 0 aliphatic heterocycles. The van der Waals surface area contributed by atoms with Crippen molar-refractivity contribution in [3.8, 4) is 0 Å². The van der Waals surface area contributed by atoms with Crippen LogP contribution in [-0.2, 0) is 0 Å². The van der Waals surface area contributed by atoms with Crippen LogP contribution in [-0.4, -0.2) is 23.4 Å². The van der Waals surface area contributed by atoms with Crippen molar-refractivity contribution in [1.82, 2.24) is 0 Å². The number of hydrogen-bond donors (Lipinski definition) is 2. The Morgan fingerprint density at radius 3 is 1.82 bits per heavy atom. The van der Waals surface area contributed by atoms with Crippen molar-refractivity contribution in [2.45, 2.75) is 19.3 Å². The van der Waals surface area contributed by atoms with Crippen LogP contribution in [0.25, 0.3) is 0 Å². The Bertz CT molecular complexity index is 176. The summed E-state index contributed by atoms with van der Waals surface area (Å²) < 4.78 is 0. The quantitative estimate of drug-likeness (QED) is 0.575. The molecule has 11 heavy (non-hydrogen) atoms. The maximum Gasteiger partial charge on any atom is 0.0648 e. The van der Waals surface area contributed by atoms with Crippen LogP contribution in [0, 0.1) is 11.8 Å². The standard InChI is InChI=1S/C9H14O2/c10-4-8-6-1-2-7(3-6)9(8)5-11/h6-7,10-11H,1-5H2/t6-,7?/m0/s1. The Balaban J connectivity index is 2.27. The van der Waals surface area contributed by atoms with E-state index in [4.69, 9.17) is 10.2 Å². The highest BCUT2D eigenvalue weighted by atomic mass is 16.3. The number of rotatable bonds is 2. The van der Waals surface area contributed by atoms with E-state index in [1.54, 1.807) is 0 Å². The van der Waals surface area contributed by atoms with Gasteiger partial charge in [-0.25, -0.2) is 0 Å². The van der Waals surface area contributed by atoms with Crippen molar-refractivity contribution in [3.05, 3.63) is 11.1 Å². The Hall–Kier alpha value is -0.340. The highest BCUT2D eigenvalue weighted by molar-refractivity contribution is 5.29. The van der Waals surface area contributed by atoms with Gasteiger partial charge in [-0.3, -0.25) is 0 Å². The van der Waals surface area contributed by atoms with Crippen LogP contribution in [0.1, 0.15) is 19.3 Å². The lowest BCUT2D eigenvalue weighted by atomic mass is 9.93. The van der Waals surface area contributed by atoms with E-state index in [1.165, 1.54) is 19.3 Å². The smallest absolute Gasteiger partial charge is 0.0648 e. The zero-order chi connectivity index (χ0) is 7.84. The number of fused-ring (bicyclic) bond motifs is 2. The zero-order valence-corrected chi connectivity index (χ0v) is 6.58. The Labute approximate surface area is 66.5 Å². The van der Waals surface area contributed by atoms with Crippen LogP contribution in [0.5, 0.6) is 0 Å². The van der Waals surface area contributed by atoms with Gasteiger partial charge < -0.3 is 10.2 Å². The van der Waals surface area contributed by atoms with Gasteiger partial charge in [0.25, 0.3) is 0 Å². The van der Waals surface area contributed by atoms with Crippen molar-refractivity contribution in [1.29, 1.82) is 0 Å². The Kier molecular flexibility index (Phi) is 1.74. The molecule has 0 aromatic heterocycles. The lowest BCUT2D eigenvalue weighted by Gasteiger charge is -2.16. The normalized spacial score (nSPS) is 35.5. The summed E-state index contributed by atoms with van der Waals surface area (Å²) in [5.74, 6) is 1.21. The molecule has 0 aromatic carbocycles. The van der Waals surface area contributed by atoms with Crippen LogP contribution < -0.4 is 0 Å². The van der Waals surface area contributed by atoms with Crippen LogP contribution >= 0.6 is 0 Å². The van der Waals surface area contributed by atoms with Gasteiger partial charge in [0.15, 0.2) is 0 Å². The molecule has 2 atom stereocenters. The van der Waals surface area contributed by atoms with E-state index in [9.17, 15) is 0 Å². The number of aliphatic hydroxyl groups excluding tert-OH is 2. The van der Waals surface area contributed by atoms with Crippen molar-refractivity contribution in [2.75, 3.05) is 13.2 Å². The molecule has 0 spiro atoms. The van der Waals surface area contributed by atoms with E-state index in [0.717, 1.165) is 11.1 Å². The summed E-state index contributed by atoms with van der Waals surface area (Å²) in [4.78, 5) is 0. The van der Waals surface area contributed by atoms with E-state index in [-0.39, 0.29) is 13.2 Å². The summed E-state index contributed by atoms with van der Waals surface area (Å²) >= 11 is 0. The molecular weight excluding hydrogens is 140 g/mol. The van der Waals surface area contributed by atoms with Crippen LogP contribution in [0.15, 0.2) is 11.1 Å². The fourth-order valence-electron chi connectivity index (χ4n) is 2.60. The minimum atomic E-state index is 0.164. The fraction of sp³-hybridized carbons (Fsp3) is 0.778. The first-order valence-electron chi connectivity index (χ1n) is 4.30. The Morgan fingerprint density at radius 2 is 1.45 bits per heavy atom. The summed E-state index contributed by atoms with van der Waals surface area (Å²) in [5, 5.41) is 18.0. The van der Waals surface area contributed by atoms with E-state index in [2.05, 4.69) is 0 Å². The largest absolute Gasteiger partial charge is 0.392 e. The lowest BCUT2D eigenvalue weighted by molar-refractivity contribution is 0.294. The summed E-state index contributed by atoms with van der Waals surface area (Å²) in [5.41, 5.74) is 2.28. The molecule has 1 saturated carbocycles. The summed E-state index contributed by atoms with van der Waals surface area (Å²) in [6.45, 7) is 0.328. The maximum atomic E-state index is 9.02. The van der Waals surface area contributed by atoms with Gasteiger partial charge in [-0.15, -0.1) is 0 Å². The minimum Gasteiger partial charge on any atom is -0.392 e. The van der Waals surface area contributed by atoms with E-state index in [0.29, 0.717) is 11.8 Å². The molecule has 2 nitrogen and oxygen atoms in total. The van der Waals surface area contributed by atoms with E-state index >= 15 is 0 Å². The molecule has 0 aromatic rings. The third kappa shape index (κ3) is 0.932. The van der Waals surface area contributed by atoms with Gasteiger partial charge in [0.1, 0.15) is 0 Å². The number of aliphatic hydroxyl groups is 2. The monoisotopic (exact) mass is 154 g/mol. The zero-order valence-electron chi connectivity index (χ0n) is 6.58. The summed E-state index contributed by atoms with van der Waals surface area (Å²) in [7, 11) is 0. The second-order valence-corrected chi connectivity index (χ2v) is 3.57. The first-order chi connectivity index (χ1) is 5.36. The molecule has 0 heterocycles. The number of hydrogen-bond acceptors (Lipinski definition) is 2. The Morgan fingerprint density at radius 1 is 1.00 bits per heavy atom. The van der Waals surface area contributed by atoms with Crippen LogP contribution in [0.2, 0.25) is 0 Å². The van der Waals surface area contributed by atoms with Gasteiger partial charge in [-0.05, 0) is 42.2 Å². The fourth-order valence-corrected chi connectivity index (χ4v) is 2.60. The first kappa shape index (κ1) is 7.32. The highest BCUT2D eigenvalue weighted by Crippen LogP contribution is 2.47. The molecule has 2 rings (SSSR count). The van der Waals surface area contributed by atoms with Gasteiger partial charge in [0.05, 0.1) is 13.2 Å². The molecular formula is C9H14O2. The van der Waals surface area contributed by atoms with Gasteiger partial charge in [-0.2, -0.15) is 0 Å².